The molecular formula is C46H60Cl3N5O10. The van der Waals surface area contributed by atoms with Gasteiger partial charge in [-0.15, -0.1) is 37.2 Å². The van der Waals surface area contributed by atoms with Gasteiger partial charge in [-0.2, -0.15) is 0 Å². The molecule has 0 atom stereocenters. The molecule has 0 amide bonds. The van der Waals surface area contributed by atoms with Gasteiger partial charge in [-0.1, -0.05) is 6.07 Å². The molecule has 0 saturated heterocycles. The predicted octanol–water partition coefficient (Wildman–Crippen LogP) is 6.55. The van der Waals surface area contributed by atoms with Crippen molar-refractivity contribution in [1.29, 1.82) is 0 Å². The molecule has 4 aromatic carbocycles. The summed E-state index contributed by atoms with van der Waals surface area (Å²) in [5.74, 6) is 1.18. The number of carbonyl (C=O) groups is 2. The van der Waals surface area contributed by atoms with Crippen LogP contribution >= 0.6 is 37.2 Å². The highest BCUT2D eigenvalue weighted by Gasteiger charge is 2.38. The molecule has 8 N–H and O–H groups in total. The van der Waals surface area contributed by atoms with Crippen molar-refractivity contribution in [3.8, 4) is 34.5 Å². The number of halogens is 3. The molecule has 0 unspecified atom stereocenters. The van der Waals surface area contributed by atoms with Crippen LogP contribution in [0.4, 0.5) is 11.4 Å². The first-order valence-corrected chi connectivity index (χ1v) is 20.7. The first kappa shape index (κ1) is 54.9. The Balaban J connectivity index is 0.000000422. The molecule has 6 rings (SSSR count). The maximum atomic E-state index is 13.4. The molecule has 1 heterocycles. The number of aromatic nitrogens is 1. The summed E-state index contributed by atoms with van der Waals surface area (Å²) in [6.07, 6.45) is 2.52. The van der Waals surface area contributed by atoms with Gasteiger partial charge in [0.15, 0.2) is 23.0 Å². The average Bonchev–Trinajstić information content (AvgIpc) is 3.25. The summed E-state index contributed by atoms with van der Waals surface area (Å²) in [7, 11) is 0. The number of ketones is 2. The normalized spacial score (nSPS) is 11.1. The van der Waals surface area contributed by atoms with E-state index in [0.29, 0.717) is 83.5 Å². The van der Waals surface area contributed by atoms with Gasteiger partial charge in [-0.3, -0.25) is 14.6 Å². The smallest absolute Gasteiger partial charge is 0.200 e. The van der Waals surface area contributed by atoms with E-state index in [4.69, 9.17) is 29.2 Å². The number of phenolic OH excluding ortho intramolecular Hbond substituents is 2. The highest BCUT2D eigenvalue weighted by Crippen LogP contribution is 2.42. The lowest BCUT2D eigenvalue weighted by molar-refractivity contribution is 0.0975. The minimum Gasteiger partial charge on any atom is -0.507 e. The molecule has 5 aromatic rings. The van der Waals surface area contributed by atoms with E-state index < -0.39 is 11.6 Å². The van der Waals surface area contributed by atoms with E-state index in [9.17, 15) is 19.8 Å². The van der Waals surface area contributed by atoms with Gasteiger partial charge < -0.3 is 60.6 Å². The van der Waals surface area contributed by atoms with Crippen molar-refractivity contribution >= 4 is 70.9 Å². The maximum Gasteiger partial charge on any atom is 0.200 e. The molecule has 1 aliphatic rings. The Hall–Kier alpha value is -5.26. The first-order valence-electron chi connectivity index (χ1n) is 20.7. The van der Waals surface area contributed by atoms with Crippen molar-refractivity contribution in [2.24, 2.45) is 0 Å². The molecule has 15 nitrogen and oxygen atoms in total. The summed E-state index contributed by atoms with van der Waals surface area (Å²) in [6.45, 7) is 13.1. The zero-order valence-corrected chi connectivity index (χ0v) is 38.9. The number of rotatable bonds is 22. The number of carbonyl (C=O) groups excluding carboxylic acids is 2. The molecule has 0 aliphatic heterocycles. The van der Waals surface area contributed by atoms with Crippen LogP contribution < -0.4 is 40.2 Å². The van der Waals surface area contributed by atoms with E-state index in [1.807, 2.05) is 64.2 Å². The maximum absolute atomic E-state index is 13.4. The number of anilines is 2. The van der Waals surface area contributed by atoms with E-state index in [-0.39, 0.29) is 84.2 Å². The van der Waals surface area contributed by atoms with Crippen molar-refractivity contribution in [1.82, 2.24) is 15.6 Å². The van der Waals surface area contributed by atoms with Gasteiger partial charge in [0, 0.05) is 68.6 Å². The number of aromatic hydroxyl groups is 2. The number of nitrogens with zero attached hydrogens (tertiary/aromatic N) is 1. The van der Waals surface area contributed by atoms with Gasteiger partial charge in [-0.25, -0.2) is 0 Å². The Bertz CT molecular complexity index is 2210. The average molecular weight is 949 g/mol. The monoisotopic (exact) mass is 947 g/mol. The lowest BCUT2D eigenvalue weighted by Crippen LogP contribution is -2.28. The van der Waals surface area contributed by atoms with Crippen LogP contribution in [0.25, 0.3) is 10.8 Å². The van der Waals surface area contributed by atoms with Gasteiger partial charge in [-0.05, 0) is 93.2 Å². The number of benzene rings is 4. The van der Waals surface area contributed by atoms with Crippen LogP contribution in [0.3, 0.4) is 0 Å². The fourth-order valence-corrected chi connectivity index (χ4v) is 6.96. The third-order valence-electron chi connectivity index (χ3n) is 9.58. The fraction of sp³-hybridized carbons (Fsp3) is 0.370. The van der Waals surface area contributed by atoms with Crippen molar-refractivity contribution < 1.29 is 49.0 Å². The number of hydrogen-bond acceptors (Lipinski definition) is 15. The molecule has 0 saturated carbocycles. The van der Waals surface area contributed by atoms with Crippen LogP contribution in [0.1, 0.15) is 70.8 Å². The summed E-state index contributed by atoms with van der Waals surface area (Å²) >= 11 is 0. The lowest BCUT2D eigenvalue weighted by atomic mass is 9.81. The fourth-order valence-electron chi connectivity index (χ4n) is 6.96. The molecule has 0 bridgehead atoms. The lowest BCUT2D eigenvalue weighted by Gasteiger charge is -2.25. The third-order valence-corrected chi connectivity index (χ3v) is 9.58. The van der Waals surface area contributed by atoms with Crippen LogP contribution in [0.5, 0.6) is 34.5 Å². The Morgan fingerprint density at radius 1 is 0.531 bits per heavy atom. The molecule has 1 aliphatic carbocycles. The van der Waals surface area contributed by atoms with Crippen LogP contribution in [-0.2, 0) is 6.42 Å². The predicted molar refractivity (Wildman–Crippen MR) is 257 cm³/mol. The van der Waals surface area contributed by atoms with Gasteiger partial charge >= 0.3 is 0 Å². The molecule has 0 fully saturated rings. The number of nitrogens with one attached hydrogen (secondary N) is 4. The standard InChI is InChI=1S/C24H29NO4.C22H28N4O6.3ClH/c1-5-26-21-10-9-17(14-22(21)27-6-2)13-20-19-16-24(29-8-4)23(28-7-3)15-18(19)11-12-25-20;27-11-9-23-5-7-25-13-1-2-14(26-8-6-24-10-12-28)18-17(13)21(31)19-15(29)3-4-16(30)20(19)22(18)32;;;/h9-12,14-16H,5-8,13H2,1-4H3;1-4,23-30H,5-12H2;3*1H. The Morgan fingerprint density at radius 3 is 1.48 bits per heavy atom. The minimum atomic E-state index is -0.559. The second-order valence-corrected chi connectivity index (χ2v) is 13.7. The Morgan fingerprint density at radius 2 is 1.00 bits per heavy atom. The number of fused-ring (bicyclic) bond motifs is 3. The molecule has 1 aromatic heterocycles. The number of aliphatic hydroxyl groups is 2. The van der Waals surface area contributed by atoms with Crippen molar-refractivity contribution in [2.75, 3.05) is 89.5 Å². The van der Waals surface area contributed by atoms with Crippen molar-refractivity contribution in [2.45, 2.75) is 34.1 Å². The van der Waals surface area contributed by atoms with Crippen LogP contribution in [0.15, 0.2) is 66.9 Å². The second-order valence-electron chi connectivity index (χ2n) is 13.7. The molecular weight excluding hydrogens is 889 g/mol. The number of pyridine rings is 1. The number of ether oxygens (including phenoxy) is 4. The van der Waals surface area contributed by atoms with Gasteiger partial charge in [0.05, 0.1) is 67.6 Å². The molecule has 18 heteroatoms. The molecule has 0 radical (unpaired) electrons. The summed E-state index contributed by atoms with van der Waals surface area (Å²) in [5.41, 5.74) is 2.78. The van der Waals surface area contributed by atoms with E-state index >= 15 is 0 Å². The molecule has 64 heavy (non-hydrogen) atoms. The zero-order valence-electron chi connectivity index (χ0n) is 36.5. The van der Waals surface area contributed by atoms with Crippen molar-refractivity contribution in [3.63, 3.8) is 0 Å². The molecule has 350 valence electrons. The van der Waals surface area contributed by atoms with Gasteiger partial charge in [0.1, 0.15) is 11.5 Å². The summed E-state index contributed by atoms with van der Waals surface area (Å²) in [5, 5.41) is 52.7. The highest BCUT2D eigenvalue weighted by atomic mass is 35.5. The van der Waals surface area contributed by atoms with E-state index in [2.05, 4.69) is 32.3 Å². The third kappa shape index (κ3) is 13.6. The summed E-state index contributed by atoms with van der Waals surface area (Å²) in [6, 6.07) is 17.9. The Labute approximate surface area is 392 Å². The minimum absolute atomic E-state index is 0. The summed E-state index contributed by atoms with van der Waals surface area (Å²) in [4.78, 5) is 31.4. The largest absolute Gasteiger partial charge is 0.507 e. The number of aliphatic hydroxyl groups excluding tert-OH is 2. The SMILES string of the molecule is CCOc1ccc(Cc2nccc3cc(OCC)c(OCC)cc23)cc1OCC.Cl.Cl.Cl.O=C1c2c(O)ccc(O)c2C(=O)c2c(NCCNCCO)ccc(NCCNCCO)c21. The Kier molecular flexibility index (Phi) is 23.9. The quantitative estimate of drug-likeness (QED) is 0.0268. The topological polar surface area (TPSA) is 213 Å². The first-order chi connectivity index (χ1) is 29.7. The zero-order chi connectivity index (χ0) is 43.7. The number of phenols is 2. The summed E-state index contributed by atoms with van der Waals surface area (Å²) < 4.78 is 23.0. The van der Waals surface area contributed by atoms with E-state index in [1.165, 1.54) is 12.1 Å². The van der Waals surface area contributed by atoms with Gasteiger partial charge in [0.2, 0.25) is 11.6 Å². The van der Waals surface area contributed by atoms with Crippen molar-refractivity contribution in [3.05, 3.63) is 100 Å². The molecule has 0 spiro atoms. The van der Waals surface area contributed by atoms with Crippen LogP contribution in [0, 0.1) is 0 Å². The highest BCUT2D eigenvalue weighted by molar-refractivity contribution is 6.33. The van der Waals surface area contributed by atoms with Crippen LogP contribution in [0.2, 0.25) is 0 Å². The number of hydrogen-bond donors (Lipinski definition) is 8. The van der Waals surface area contributed by atoms with E-state index in [0.717, 1.165) is 45.0 Å². The van der Waals surface area contributed by atoms with Crippen LogP contribution in [-0.4, -0.2) is 116 Å². The van der Waals surface area contributed by atoms with E-state index in [1.54, 1.807) is 12.1 Å². The van der Waals surface area contributed by atoms with Gasteiger partial charge in [0.25, 0.3) is 0 Å². The second kappa shape index (κ2) is 27.8.